The summed E-state index contributed by atoms with van der Waals surface area (Å²) < 4.78 is 5.08. The molecule has 0 spiro atoms. The molecule has 0 fully saturated rings. The summed E-state index contributed by atoms with van der Waals surface area (Å²) in [6, 6.07) is 42.0. The first-order chi connectivity index (χ1) is 18.9. The van der Waals surface area contributed by atoms with Crippen LogP contribution < -0.4 is 0 Å². The second kappa shape index (κ2) is 7.41. The van der Waals surface area contributed by atoms with E-state index in [4.69, 9.17) is 4.98 Å². The Labute approximate surface area is 222 Å². The minimum absolute atomic E-state index is 1.07. The van der Waals surface area contributed by atoms with Gasteiger partial charge in [-0.05, 0) is 53.2 Å². The fourth-order valence-electron chi connectivity index (χ4n) is 6.41. The summed E-state index contributed by atoms with van der Waals surface area (Å²) >= 11 is 1.86. The average molecular weight is 501 g/mol. The smallest absolute Gasteiger partial charge is 0.0787 e. The van der Waals surface area contributed by atoms with Crippen molar-refractivity contribution in [1.29, 1.82) is 0 Å². The van der Waals surface area contributed by atoms with Gasteiger partial charge >= 0.3 is 0 Å². The Morgan fingerprint density at radius 3 is 2.18 bits per heavy atom. The molecular weight excluding hydrogens is 480 g/mol. The van der Waals surface area contributed by atoms with E-state index in [2.05, 4.69) is 120 Å². The van der Waals surface area contributed by atoms with Crippen LogP contribution in [0.2, 0.25) is 0 Å². The molecule has 176 valence electrons. The SMILES string of the molecule is c1ccc(-n2c3ccccc3c3ccc4c5cccnc5c5cc6sc7ccccc7c6cc5c4c32)cc1. The summed E-state index contributed by atoms with van der Waals surface area (Å²) in [5, 5.41) is 11.4. The zero-order valence-electron chi connectivity index (χ0n) is 20.3. The van der Waals surface area contributed by atoms with Gasteiger partial charge in [0.15, 0.2) is 0 Å². The van der Waals surface area contributed by atoms with Crippen molar-refractivity contribution in [3.63, 3.8) is 0 Å². The highest BCUT2D eigenvalue weighted by Crippen LogP contribution is 2.45. The van der Waals surface area contributed by atoms with Crippen molar-refractivity contribution in [2.24, 2.45) is 0 Å². The monoisotopic (exact) mass is 500 g/mol. The Bertz CT molecular complexity index is 2390. The lowest BCUT2D eigenvalue weighted by molar-refractivity contribution is 1.19. The van der Waals surface area contributed by atoms with E-state index in [-0.39, 0.29) is 0 Å². The second-order valence-corrected chi connectivity index (χ2v) is 11.0. The number of fused-ring (bicyclic) bond motifs is 13. The number of aromatic nitrogens is 2. The number of rotatable bonds is 1. The van der Waals surface area contributed by atoms with Crippen molar-refractivity contribution in [3.05, 3.63) is 121 Å². The van der Waals surface area contributed by atoms with E-state index >= 15 is 0 Å². The molecule has 0 saturated carbocycles. The van der Waals surface area contributed by atoms with Crippen LogP contribution in [0.1, 0.15) is 0 Å². The molecule has 0 radical (unpaired) electrons. The van der Waals surface area contributed by atoms with E-state index in [1.54, 1.807) is 0 Å². The van der Waals surface area contributed by atoms with Crippen LogP contribution in [0.3, 0.4) is 0 Å². The summed E-state index contributed by atoms with van der Waals surface area (Å²) in [4.78, 5) is 4.92. The maximum absolute atomic E-state index is 4.92. The van der Waals surface area contributed by atoms with Gasteiger partial charge in [-0.15, -0.1) is 11.3 Å². The lowest BCUT2D eigenvalue weighted by atomic mass is 9.94. The third kappa shape index (κ3) is 2.59. The van der Waals surface area contributed by atoms with Gasteiger partial charge in [0.05, 0.1) is 16.6 Å². The van der Waals surface area contributed by atoms with Crippen molar-refractivity contribution in [3.8, 4) is 5.69 Å². The average Bonchev–Trinajstić information content (AvgIpc) is 3.52. The van der Waals surface area contributed by atoms with Crippen molar-refractivity contribution in [2.45, 2.75) is 0 Å². The van der Waals surface area contributed by atoms with Gasteiger partial charge in [0.1, 0.15) is 0 Å². The number of hydrogen-bond donors (Lipinski definition) is 0. The number of benzene rings is 6. The van der Waals surface area contributed by atoms with Crippen molar-refractivity contribution < 1.29 is 0 Å². The molecule has 0 atom stereocenters. The molecule has 3 heteroatoms. The topological polar surface area (TPSA) is 17.8 Å². The number of para-hydroxylation sites is 2. The molecule has 0 aliphatic carbocycles. The van der Waals surface area contributed by atoms with Gasteiger partial charge in [-0.25, -0.2) is 0 Å². The van der Waals surface area contributed by atoms with Gasteiger partial charge in [0.25, 0.3) is 0 Å². The molecule has 2 nitrogen and oxygen atoms in total. The van der Waals surface area contributed by atoms with E-state index in [0.717, 1.165) is 5.52 Å². The van der Waals surface area contributed by atoms with Gasteiger partial charge in [0, 0.05) is 59.0 Å². The van der Waals surface area contributed by atoms with E-state index in [1.807, 2.05) is 17.5 Å². The van der Waals surface area contributed by atoms with E-state index in [9.17, 15) is 0 Å². The molecule has 3 heterocycles. The number of nitrogens with zero attached hydrogens (tertiary/aromatic N) is 2. The predicted octanol–water partition coefficient (Wildman–Crippen LogP) is 10.0. The van der Waals surface area contributed by atoms with Crippen LogP contribution in [0, 0.1) is 0 Å². The maximum Gasteiger partial charge on any atom is 0.0787 e. The third-order valence-electron chi connectivity index (χ3n) is 7.99. The lowest BCUT2D eigenvalue weighted by Gasteiger charge is -2.14. The second-order valence-electron chi connectivity index (χ2n) is 9.96. The Morgan fingerprint density at radius 1 is 0.500 bits per heavy atom. The Morgan fingerprint density at radius 2 is 1.26 bits per heavy atom. The van der Waals surface area contributed by atoms with Crippen LogP contribution in [0.4, 0.5) is 0 Å². The first-order valence-corrected chi connectivity index (χ1v) is 13.7. The lowest BCUT2D eigenvalue weighted by Crippen LogP contribution is -1.95. The van der Waals surface area contributed by atoms with Crippen LogP contribution in [0.25, 0.3) is 80.1 Å². The molecule has 9 rings (SSSR count). The molecule has 0 aliphatic heterocycles. The van der Waals surface area contributed by atoms with Gasteiger partial charge in [0.2, 0.25) is 0 Å². The summed E-state index contributed by atoms with van der Waals surface area (Å²) in [5.41, 5.74) is 4.72. The van der Waals surface area contributed by atoms with Crippen molar-refractivity contribution >= 4 is 85.8 Å². The molecule has 0 unspecified atom stereocenters. The first-order valence-electron chi connectivity index (χ1n) is 12.9. The van der Waals surface area contributed by atoms with Gasteiger partial charge in [-0.3, -0.25) is 4.98 Å². The zero-order chi connectivity index (χ0) is 24.8. The molecule has 3 aromatic heterocycles. The Hall–Kier alpha value is -4.73. The van der Waals surface area contributed by atoms with Crippen molar-refractivity contribution in [2.75, 3.05) is 0 Å². The van der Waals surface area contributed by atoms with Gasteiger partial charge in [-0.2, -0.15) is 0 Å². The van der Waals surface area contributed by atoms with Crippen LogP contribution in [0.5, 0.6) is 0 Å². The first kappa shape index (κ1) is 20.3. The summed E-state index contributed by atoms with van der Waals surface area (Å²) in [6.45, 7) is 0. The summed E-state index contributed by atoms with van der Waals surface area (Å²) in [7, 11) is 0. The predicted molar refractivity (Wildman–Crippen MR) is 164 cm³/mol. The van der Waals surface area contributed by atoms with Crippen molar-refractivity contribution in [1.82, 2.24) is 9.55 Å². The Kier molecular flexibility index (Phi) is 3.96. The molecular formula is C35H20N2S. The van der Waals surface area contributed by atoms with Crippen LogP contribution in [0.15, 0.2) is 121 Å². The largest absolute Gasteiger partial charge is 0.309 e. The highest BCUT2D eigenvalue weighted by atomic mass is 32.1. The molecule has 0 N–H and O–H groups in total. The Balaban J connectivity index is 1.63. The molecule has 0 amide bonds. The third-order valence-corrected chi connectivity index (χ3v) is 9.12. The normalized spacial score (nSPS) is 12.2. The number of thiophene rings is 1. The molecule has 6 aromatic carbocycles. The highest BCUT2D eigenvalue weighted by Gasteiger charge is 2.20. The van der Waals surface area contributed by atoms with Gasteiger partial charge < -0.3 is 4.57 Å². The minimum atomic E-state index is 1.07. The maximum atomic E-state index is 4.92. The number of hydrogen-bond acceptors (Lipinski definition) is 2. The van der Waals surface area contributed by atoms with E-state index in [0.29, 0.717) is 0 Å². The van der Waals surface area contributed by atoms with Crippen LogP contribution >= 0.6 is 11.3 Å². The molecule has 0 saturated heterocycles. The number of pyridine rings is 1. The minimum Gasteiger partial charge on any atom is -0.309 e. The quantitative estimate of drug-likeness (QED) is 0.205. The van der Waals surface area contributed by atoms with E-state index < -0.39 is 0 Å². The molecule has 0 bridgehead atoms. The molecule has 38 heavy (non-hydrogen) atoms. The van der Waals surface area contributed by atoms with E-state index in [1.165, 1.54) is 74.6 Å². The fraction of sp³-hybridized carbons (Fsp3) is 0. The zero-order valence-corrected chi connectivity index (χ0v) is 21.2. The molecule has 9 aromatic rings. The van der Waals surface area contributed by atoms with Crippen LogP contribution in [-0.4, -0.2) is 9.55 Å². The van der Waals surface area contributed by atoms with Gasteiger partial charge in [-0.1, -0.05) is 72.8 Å². The van der Waals surface area contributed by atoms with Crippen LogP contribution in [-0.2, 0) is 0 Å². The highest BCUT2D eigenvalue weighted by molar-refractivity contribution is 7.25. The standard InChI is InChI=1S/C35H20N2S/c1-2-9-21(10-3-1)37-30-14-6-4-11-22(30)26-17-16-24-25-13-8-18-36-34(25)29-20-32-27(19-28(29)33(24)35(26)37)23-12-5-7-15-31(23)38-32/h1-20H. The fourth-order valence-corrected chi connectivity index (χ4v) is 7.54. The summed E-state index contributed by atoms with van der Waals surface area (Å²) in [6.07, 6.45) is 1.92. The molecule has 0 aliphatic rings. The summed E-state index contributed by atoms with van der Waals surface area (Å²) in [5.74, 6) is 0.